The minimum absolute atomic E-state index is 0.0532. The SMILES string of the molecule is CSCC(C)(O)CNC(=O)C(C)c1ccccc1. The molecule has 0 heterocycles. The van der Waals surface area contributed by atoms with E-state index in [4.69, 9.17) is 0 Å². The van der Waals surface area contributed by atoms with Crippen molar-refractivity contribution in [3.63, 3.8) is 0 Å². The molecule has 100 valence electrons. The summed E-state index contributed by atoms with van der Waals surface area (Å²) in [5.74, 6) is 0.353. The highest BCUT2D eigenvalue weighted by molar-refractivity contribution is 7.98. The highest BCUT2D eigenvalue weighted by Gasteiger charge is 2.22. The number of hydrogen-bond acceptors (Lipinski definition) is 3. The summed E-state index contributed by atoms with van der Waals surface area (Å²) in [5.41, 5.74) is 0.130. The molecule has 0 saturated heterocycles. The van der Waals surface area contributed by atoms with E-state index in [0.29, 0.717) is 5.75 Å². The highest BCUT2D eigenvalue weighted by Crippen LogP contribution is 2.15. The Labute approximate surface area is 113 Å². The third kappa shape index (κ3) is 4.70. The van der Waals surface area contributed by atoms with E-state index in [1.165, 1.54) is 0 Å². The first-order valence-electron chi connectivity index (χ1n) is 6.00. The molecule has 1 rings (SSSR count). The molecule has 0 spiro atoms. The van der Waals surface area contributed by atoms with E-state index in [9.17, 15) is 9.90 Å². The van der Waals surface area contributed by atoms with Gasteiger partial charge in [-0.25, -0.2) is 0 Å². The molecule has 2 atom stereocenters. The number of carbonyl (C=O) groups excluding carboxylic acids is 1. The third-order valence-electron chi connectivity index (χ3n) is 2.79. The predicted octanol–water partition coefficient (Wildman–Crippen LogP) is 2.02. The molecule has 1 aromatic carbocycles. The Morgan fingerprint density at radius 2 is 2.06 bits per heavy atom. The van der Waals surface area contributed by atoms with Crippen LogP contribution in [-0.2, 0) is 4.79 Å². The van der Waals surface area contributed by atoms with Crippen LogP contribution in [-0.4, -0.2) is 35.2 Å². The minimum atomic E-state index is -0.856. The molecule has 2 unspecified atom stereocenters. The van der Waals surface area contributed by atoms with Crippen molar-refractivity contribution in [3.8, 4) is 0 Å². The molecule has 0 aliphatic rings. The zero-order valence-electron chi connectivity index (χ0n) is 11.1. The van der Waals surface area contributed by atoms with Gasteiger partial charge in [-0.1, -0.05) is 30.3 Å². The van der Waals surface area contributed by atoms with Crippen molar-refractivity contribution in [2.45, 2.75) is 25.4 Å². The zero-order chi connectivity index (χ0) is 13.6. The van der Waals surface area contributed by atoms with Crippen LogP contribution >= 0.6 is 11.8 Å². The maximum Gasteiger partial charge on any atom is 0.227 e. The fourth-order valence-corrected chi connectivity index (χ4v) is 2.41. The maximum atomic E-state index is 12.0. The largest absolute Gasteiger partial charge is 0.387 e. The predicted molar refractivity (Wildman–Crippen MR) is 76.9 cm³/mol. The first-order chi connectivity index (χ1) is 8.46. The minimum Gasteiger partial charge on any atom is -0.387 e. The molecule has 4 heteroatoms. The fourth-order valence-electron chi connectivity index (χ4n) is 1.69. The van der Waals surface area contributed by atoms with Crippen molar-refractivity contribution in [3.05, 3.63) is 35.9 Å². The van der Waals surface area contributed by atoms with Gasteiger partial charge in [-0.3, -0.25) is 4.79 Å². The topological polar surface area (TPSA) is 49.3 Å². The molecule has 2 N–H and O–H groups in total. The molecule has 18 heavy (non-hydrogen) atoms. The third-order valence-corrected chi connectivity index (χ3v) is 3.70. The van der Waals surface area contributed by atoms with Gasteiger partial charge < -0.3 is 10.4 Å². The number of amides is 1. The Hall–Kier alpha value is -1.00. The van der Waals surface area contributed by atoms with Gasteiger partial charge in [0.15, 0.2) is 0 Å². The van der Waals surface area contributed by atoms with Crippen molar-refractivity contribution in [2.24, 2.45) is 0 Å². The van der Waals surface area contributed by atoms with Crippen LogP contribution in [0.25, 0.3) is 0 Å². The van der Waals surface area contributed by atoms with Gasteiger partial charge in [0.2, 0.25) is 5.91 Å². The molecule has 1 aromatic rings. The second-order valence-corrected chi connectivity index (χ2v) is 5.65. The van der Waals surface area contributed by atoms with Crippen LogP contribution < -0.4 is 5.32 Å². The standard InChI is InChI=1S/C14H21NO2S/c1-11(12-7-5-4-6-8-12)13(16)15-9-14(2,17)10-18-3/h4-8,11,17H,9-10H2,1-3H3,(H,15,16). The van der Waals surface area contributed by atoms with Gasteiger partial charge in [-0.05, 0) is 25.7 Å². The lowest BCUT2D eigenvalue weighted by Gasteiger charge is -2.23. The summed E-state index contributed by atoms with van der Waals surface area (Å²) in [5, 5.41) is 12.8. The normalized spacial score (nSPS) is 15.8. The van der Waals surface area contributed by atoms with Gasteiger partial charge in [-0.15, -0.1) is 0 Å². The molecule has 0 bridgehead atoms. The average Bonchev–Trinajstić information content (AvgIpc) is 2.36. The average molecular weight is 267 g/mol. The van der Waals surface area contributed by atoms with Crippen molar-refractivity contribution in [1.29, 1.82) is 0 Å². The van der Waals surface area contributed by atoms with Gasteiger partial charge in [0.1, 0.15) is 0 Å². The van der Waals surface area contributed by atoms with Crippen LogP contribution in [0.15, 0.2) is 30.3 Å². The van der Waals surface area contributed by atoms with Crippen LogP contribution in [0.5, 0.6) is 0 Å². The monoisotopic (exact) mass is 267 g/mol. The maximum absolute atomic E-state index is 12.0. The van der Waals surface area contributed by atoms with Crippen LogP contribution in [0.2, 0.25) is 0 Å². The van der Waals surface area contributed by atoms with E-state index < -0.39 is 5.60 Å². The molecule has 0 radical (unpaired) electrons. The molecule has 3 nitrogen and oxygen atoms in total. The van der Waals surface area contributed by atoms with E-state index in [1.807, 2.05) is 43.5 Å². The molecule has 0 saturated carbocycles. The Morgan fingerprint density at radius 1 is 1.44 bits per heavy atom. The number of hydrogen-bond donors (Lipinski definition) is 2. The van der Waals surface area contributed by atoms with Crippen molar-refractivity contribution in [1.82, 2.24) is 5.32 Å². The number of carbonyl (C=O) groups is 1. The summed E-state index contributed by atoms with van der Waals surface area (Å²) in [7, 11) is 0. The zero-order valence-corrected chi connectivity index (χ0v) is 12.0. The van der Waals surface area contributed by atoms with E-state index in [0.717, 1.165) is 5.56 Å². The number of thioether (sulfide) groups is 1. The summed E-state index contributed by atoms with van der Waals surface area (Å²) >= 11 is 1.56. The highest BCUT2D eigenvalue weighted by atomic mass is 32.2. The van der Waals surface area contributed by atoms with Crippen LogP contribution in [0.1, 0.15) is 25.3 Å². The summed E-state index contributed by atoms with van der Waals surface area (Å²) in [6, 6.07) is 9.64. The Kier molecular flexibility index (Phi) is 5.69. The van der Waals surface area contributed by atoms with Crippen LogP contribution in [0, 0.1) is 0 Å². The van der Waals surface area contributed by atoms with Gasteiger partial charge in [0.25, 0.3) is 0 Å². The number of nitrogens with one attached hydrogen (secondary N) is 1. The van der Waals surface area contributed by atoms with Crippen LogP contribution in [0.3, 0.4) is 0 Å². The summed E-state index contributed by atoms with van der Waals surface area (Å²) in [6.45, 7) is 3.88. The molecule has 1 amide bonds. The lowest BCUT2D eigenvalue weighted by atomic mass is 10.00. The molecule has 0 aliphatic heterocycles. The molecule has 0 aliphatic carbocycles. The number of benzene rings is 1. The van der Waals surface area contributed by atoms with Crippen molar-refractivity contribution in [2.75, 3.05) is 18.6 Å². The van der Waals surface area contributed by atoms with Crippen molar-refractivity contribution < 1.29 is 9.90 Å². The molecular formula is C14H21NO2S. The van der Waals surface area contributed by atoms with E-state index in [1.54, 1.807) is 18.7 Å². The van der Waals surface area contributed by atoms with Gasteiger partial charge in [0.05, 0.1) is 11.5 Å². The van der Waals surface area contributed by atoms with E-state index in [2.05, 4.69) is 5.32 Å². The summed E-state index contributed by atoms with van der Waals surface area (Å²) < 4.78 is 0. The number of rotatable bonds is 6. The van der Waals surface area contributed by atoms with Crippen LogP contribution in [0.4, 0.5) is 0 Å². The van der Waals surface area contributed by atoms with Gasteiger partial charge >= 0.3 is 0 Å². The van der Waals surface area contributed by atoms with Crippen molar-refractivity contribution >= 4 is 17.7 Å². The van der Waals surface area contributed by atoms with E-state index >= 15 is 0 Å². The molecule has 0 aromatic heterocycles. The smallest absolute Gasteiger partial charge is 0.227 e. The fraction of sp³-hybridized carbons (Fsp3) is 0.500. The lowest BCUT2D eigenvalue weighted by Crippen LogP contribution is -2.43. The second kappa shape index (κ2) is 6.81. The first-order valence-corrected chi connectivity index (χ1v) is 7.39. The lowest BCUT2D eigenvalue weighted by molar-refractivity contribution is -0.123. The Balaban J connectivity index is 2.51. The summed E-state index contributed by atoms with van der Waals surface area (Å²) in [6.07, 6.45) is 1.93. The summed E-state index contributed by atoms with van der Waals surface area (Å²) in [4.78, 5) is 12.0. The number of aliphatic hydroxyl groups is 1. The Morgan fingerprint density at radius 3 is 2.61 bits per heavy atom. The van der Waals surface area contributed by atoms with Gasteiger partial charge in [0, 0.05) is 12.3 Å². The van der Waals surface area contributed by atoms with E-state index in [-0.39, 0.29) is 18.4 Å². The molecule has 0 fully saturated rings. The van der Waals surface area contributed by atoms with Gasteiger partial charge in [-0.2, -0.15) is 11.8 Å². The first kappa shape index (κ1) is 15.1. The quantitative estimate of drug-likeness (QED) is 0.829. The molecular weight excluding hydrogens is 246 g/mol. The second-order valence-electron chi connectivity index (χ2n) is 4.78. The Bertz CT molecular complexity index is 379.